The van der Waals surface area contributed by atoms with Crippen molar-refractivity contribution < 1.29 is 27.6 Å². The third-order valence-electron chi connectivity index (χ3n) is 5.19. The summed E-state index contributed by atoms with van der Waals surface area (Å²) < 4.78 is 32.3. The summed E-state index contributed by atoms with van der Waals surface area (Å²) in [5, 5.41) is 2.68. The van der Waals surface area contributed by atoms with Gasteiger partial charge in [-0.25, -0.2) is 13.9 Å². The van der Waals surface area contributed by atoms with E-state index in [0.717, 1.165) is 5.56 Å². The number of hydrogen-bond donors (Lipinski definition) is 2. The van der Waals surface area contributed by atoms with Crippen molar-refractivity contribution in [3.8, 4) is 0 Å². The SMILES string of the molecule is CC(C)[C@@H](NC(=O)c1cccc(S(=O)(=O)N2CCOCC2)c1)C(=O)NOCc1ccccc1. The van der Waals surface area contributed by atoms with Crippen molar-refractivity contribution in [1.29, 1.82) is 0 Å². The highest BCUT2D eigenvalue weighted by atomic mass is 32.2. The first-order valence-corrected chi connectivity index (χ1v) is 12.2. The van der Waals surface area contributed by atoms with E-state index in [2.05, 4.69) is 10.8 Å². The Morgan fingerprint density at radius 2 is 1.76 bits per heavy atom. The first kappa shape index (κ1) is 24.8. The lowest BCUT2D eigenvalue weighted by Gasteiger charge is -2.26. The van der Waals surface area contributed by atoms with Gasteiger partial charge in [0.1, 0.15) is 6.04 Å². The monoisotopic (exact) mass is 475 g/mol. The van der Waals surface area contributed by atoms with E-state index in [4.69, 9.17) is 9.57 Å². The van der Waals surface area contributed by atoms with Gasteiger partial charge in [0, 0.05) is 18.7 Å². The van der Waals surface area contributed by atoms with E-state index < -0.39 is 27.9 Å². The molecule has 0 spiro atoms. The fraction of sp³-hybridized carbons (Fsp3) is 0.391. The molecule has 33 heavy (non-hydrogen) atoms. The van der Waals surface area contributed by atoms with Crippen molar-refractivity contribution in [2.45, 2.75) is 31.4 Å². The lowest BCUT2D eigenvalue weighted by atomic mass is 10.0. The van der Waals surface area contributed by atoms with Crippen LogP contribution in [0.4, 0.5) is 0 Å². The van der Waals surface area contributed by atoms with E-state index in [9.17, 15) is 18.0 Å². The van der Waals surface area contributed by atoms with Crippen LogP contribution in [0.2, 0.25) is 0 Å². The molecule has 0 saturated carbocycles. The van der Waals surface area contributed by atoms with E-state index in [1.807, 2.05) is 30.3 Å². The number of nitrogens with zero attached hydrogens (tertiary/aromatic N) is 1. The maximum Gasteiger partial charge on any atom is 0.266 e. The number of carbonyl (C=O) groups excluding carboxylic acids is 2. The molecule has 2 aromatic rings. The summed E-state index contributed by atoms with van der Waals surface area (Å²) in [4.78, 5) is 30.8. The van der Waals surface area contributed by atoms with Crippen molar-refractivity contribution in [3.05, 3.63) is 65.7 Å². The smallest absolute Gasteiger partial charge is 0.266 e. The normalized spacial score (nSPS) is 15.7. The summed E-state index contributed by atoms with van der Waals surface area (Å²) in [5.74, 6) is -1.27. The molecule has 1 saturated heterocycles. The highest BCUT2D eigenvalue weighted by Gasteiger charge is 2.28. The Labute approximate surface area is 194 Å². The van der Waals surface area contributed by atoms with Crippen LogP contribution in [-0.4, -0.2) is 56.9 Å². The average Bonchev–Trinajstić information content (AvgIpc) is 2.83. The number of rotatable bonds is 9. The number of carbonyl (C=O) groups is 2. The van der Waals surface area contributed by atoms with Gasteiger partial charge in [0.05, 0.1) is 24.7 Å². The third-order valence-corrected chi connectivity index (χ3v) is 7.09. The van der Waals surface area contributed by atoms with Gasteiger partial charge < -0.3 is 10.1 Å². The van der Waals surface area contributed by atoms with Crippen molar-refractivity contribution >= 4 is 21.8 Å². The molecule has 0 bridgehead atoms. The lowest BCUT2D eigenvalue weighted by molar-refractivity contribution is -0.137. The predicted octanol–water partition coefficient (Wildman–Crippen LogP) is 1.71. The van der Waals surface area contributed by atoms with Gasteiger partial charge in [0.2, 0.25) is 10.0 Å². The zero-order valence-electron chi connectivity index (χ0n) is 18.7. The molecule has 2 aromatic carbocycles. The number of ether oxygens (including phenoxy) is 1. The van der Waals surface area contributed by atoms with Gasteiger partial charge >= 0.3 is 0 Å². The predicted molar refractivity (Wildman–Crippen MR) is 121 cm³/mol. The first-order chi connectivity index (χ1) is 15.8. The number of morpholine rings is 1. The summed E-state index contributed by atoms with van der Waals surface area (Å²) in [6, 6.07) is 14.3. The van der Waals surface area contributed by atoms with E-state index >= 15 is 0 Å². The van der Waals surface area contributed by atoms with Gasteiger partial charge in [-0.1, -0.05) is 50.2 Å². The number of sulfonamides is 1. The van der Waals surface area contributed by atoms with Gasteiger partial charge in [-0.05, 0) is 29.7 Å². The molecule has 3 rings (SSSR count). The van der Waals surface area contributed by atoms with Crippen molar-refractivity contribution in [2.24, 2.45) is 5.92 Å². The van der Waals surface area contributed by atoms with E-state index in [-0.39, 0.29) is 36.1 Å². The molecule has 1 aliphatic heterocycles. The molecule has 1 aliphatic rings. The number of benzene rings is 2. The van der Waals surface area contributed by atoms with Crippen molar-refractivity contribution in [2.75, 3.05) is 26.3 Å². The second-order valence-corrected chi connectivity index (χ2v) is 9.92. The Kier molecular flexibility index (Phi) is 8.56. The molecule has 178 valence electrons. The number of hydroxylamine groups is 1. The second-order valence-electron chi connectivity index (χ2n) is 7.98. The number of nitrogens with one attached hydrogen (secondary N) is 2. The summed E-state index contributed by atoms with van der Waals surface area (Å²) in [6.45, 7) is 4.96. The number of hydrogen-bond acceptors (Lipinski definition) is 6. The molecule has 0 aromatic heterocycles. The van der Waals surface area contributed by atoms with Crippen LogP contribution in [0.3, 0.4) is 0 Å². The average molecular weight is 476 g/mol. The van der Waals surface area contributed by atoms with Crippen LogP contribution in [-0.2, 0) is 31.0 Å². The zero-order valence-corrected chi connectivity index (χ0v) is 19.5. The minimum Gasteiger partial charge on any atom is -0.379 e. The molecule has 1 fully saturated rings. The Morgan fingerprint density at radius 1 is 1.06 bits per heavy atom. The molecule has 1 atom stereocenters. The molecule has 0 unspecified atom stereocenters. The summed E-state index contributed by atoms with van der Waals surface area (Å²) in [6.07, 6.45) is 0. The molecule has 9 nitrogen and oxygen atoms in total. The molecular weight excluding hydrogens is 446 g/mol. The van der Waals surface area contributed by atoms with E-state index in [1.54, 1.807) is 13.8 Å². The Balaban J connectivity index is 1.65. The van der Waals surface area contributed by atoms with Crippen LogP contribution >= 0.6 is 0 Å². The Hall–Kier alpha value is -2.79. The van der Waals surface area contributed by atoms with Crippen molar-refractivity contribution in [3.63, 3.8) is 0 Å². The minimum atomic E-state index is -3.74. The molecule has 1 heterocycles. The van der Waals surface area contributed by atoms with Gasteiger partial charge in [0.15, 0.2) is 0 Å². The van der Waals surface area contributed by atoms with E-state index in [0.29, 0.717) is 13.2 Å². The van der Waals surface area contributed by atoms with Gasteiger partial charge in [-0.2, -0.15) is 4.31 Å². The highest BCUT2D eigenvalue weighted by Crippen LogP contribution is 2.18. The molecule has 0 radical (unpaired) electrons. The fourth-order valence-corrected chi connectivity index (χ4v) is 4.78. The number of amides is 2. The van der Waals surface area contributed by atoms with Crippen LogP contribution in [0.1, 0.15) is 29.8 Å². The molecule has 0 aliphatic carbocycles. The standard InChI is InChI=1S/C23H29N3O6S/c1-17(2)21(23(28)25-32-16-18-7-4-3-5-8-18)24-22(27)19-9-6-10-20(15-19)33(29,30)26-11-13-31-14-12-26/h3-10,15,17,21H,11-14,16H2,1-2H3,(H,24,27)(H,25,28)/t21-/m1/s1. The first-order valence-electron chi connectivity index (χ1n) is 10.7. The molecule has 2 amide bonds. The van der Waals surface area contributed by atoms with Crippen LogP contribution in [0.15, 0.2) is 59.5 Å². The topological polar surface area (TPSA) is 114 Å². The van der Waals surface area contributed by atoms with Crippen LogP contribution in [0.25, 0.3) is 0 Å². The van der Waals surface area contributed by atoms with Crippen molar-refractivity contribution in [1.82, 2.24) is 15.1 Å². The molecule has 2 N–H and O–H groups in total. The van der Waals surface area contributed by atoms with Crippen LogP contribution in [0, 0.1) is 5.92 Å². The third kappa shape index (κ3) is 6.61. The van der Waals surface area contributed by atoms with E-state index in [1.165, 1.54) is 28.6 Å². The lowest BCUT2D eigenvalue weighted by Crippen LogP contribution is -2.49. The maximum absolute atomic E-state index is 12.9. The van der Waals surface area contributed by atoms with Gasteiger partial charge in [0.25, 0.3) is 11.8 Å². The summed E-state index contributed by atoms with van der Waals surface area (Å²) in [5.41, 5.74) is 3.42. The largest absolute Gasteiger partial charge is 0.379 e. The summed E-state index contributed by atoms with van der Waals surface area (Å²) in [7, 11) is -3.74. The molecular formula is C23H29N3O6S. The van der Waals surface area contributed by atoms with Gasteiger partial charge in [-0.3, -0.25) is 14.4 Å². The summed E-state index contributed by atoms with van der Waals surface area (Å²) >= 11 is 0. The zero-order chi connectivity index (χ0) is 23.8. The fourth-order valence-electron chi connectivity index (χ4n) is 3.32. The van der Waals surface area contributed by atoms with Crippen LogP contribution in [0.5, 0.6) is 0 Å². The van der Waals surface area contributed by atoms with Crippen LogP contribution < -0.4 is 10.8 Å². The molecule has 10 heteroatoms. The van der Waals surface area contributed by atoms with Gasteiger partial charge in [-0.15, -0.1) is 0 Å². The minimum absolute atomic E-state index is 0.0220. The maximum atomic E-state index is 12.9. The Bertz CT molecular complexity index is 1050. The highest BCUT2D eigenvalue weighted by molar-refractivity contribution is 7.89. The Morgan fingerprint density at radius 3 is 2.42 bits per heavy atom. The second kappa shape index (κ2) is 11.4. The quantitative estimate of drug-likeness (QED) is 0.534.